The Morgan fingerprint density at radius 2 is 1.92 bits per heavy atom. The summed E-state index contributed by atoms with van der Waals surface area (Å²) in [5.41, 5.74) is 5.07. The highest BCUT2D eigenvalue weighted by molar-refractivity contribution is 6.01. The van der Waals surface area contributed by atoms with E-state index >= 15 is 0 Å². The van der Waals surface area contributed by atoms with Gasteiger partial charge in [-0.15, -0.1) is 0 Å². The van der Waals surface area contributed by atoms with Crippen LogP contribution in [-0.4, -0.2) is 15.9 Å². The molecule has 0 bridgehead atoms. The molecule has 1 aliphatic heterocycles. The van der Waals surface area contributed by atoms with Crippen molar-refractivity contribution in [2.75, 3.05) is 0 Å². The Hall–Kier alpha value is -2.62. The second-order valence-corrected chi connectivity index (χ2v) is 6.96. The fourth-order valence-corrected chi connectivity index (χ4v) is 4.40. The lowest BCUT2D eigenvalue weighted by Gasteiger charge is -2.34. The Balaban J connectivity index is 1.68. The third kappa shape index (κ3) is 1.86. The number of carbonyl (C=O) groups excluding carboxylic acids is 1. The minimum atomic E-state index is -0.148. The van der Waals surface area contributed by atoms with Crippen LogP contribution in [0, 0.1) is 0 Å². The Morgan fingerprint density at radius 1 is 1.04 bits per heavy atom. The number of rotatable bonds is 1. The molecule has 1 spiro atoms. The van der Waals surface area contributed by atoms with Crippen LogP contribution in [0.25, 0.3) is 22.2 Å². The molecule has 120 valence electrons. The highest BCUT2D eigenvalue weighted by Gasteiger charge is 2.43. The predicted molar refractivity (Wildman–Crippen MR) is 93.8 cm³/mol. The lowest BCUT2D eigenvalue weighted by atomic mass is 9.77. The smallest absolute Gasteiger partial charge is 0.252 e. The summed E-state index contributed by atoms with van der Waals surface area (Å²) in [5, 5.41) is 4.40. The largest absolute Gasteiger partial charge is 0.346 e. The van der Waals surface area contributed by atoms with Crippen molar-refractivity contribution >= 4 is 16.9 Å². The first-order valence-electron chi connectivity index (χ1n) is 8.66. The van der Waals surface area contributed by atoms with E-state index in [-0.39, 0.29) is 11.4 Å². The van der Waals surface area contributed by atoms with Gasteiger partial charge in [-0.2, -0.15) is 0 Å². The quantitative estimate of drug-likeness (QED) is 0.709. The zero-order valence-electron chi connectivity index (χ0n) is 13.4. The second-order valence-electron chi connectivity index (χ2n) is 6.96. The molecule has 0 atom stereocenters. The zero-order chi connectivity index (χ0) is 16.1. The van der Waals surface area contributed by atoms with Gasteiger partial charge < -0.3 is 10.3 Å². The van der Waals surface area contributed by atoms with Crippen molar-refractivity contribution in [2.24, 2.45) is 0 Å². The Bertz CT molecular complexity index is 950. The first-order valence-corrected chi connectivity index (χ1v) is 8.66. The third-order valence-electron chi connectivity index (χ3n) is 5.60. The lowest BCUT2D eigenvalue weighted by Crippen LogP contribution is -2.40. The summed E-state index contributed by atoms with van der Waals surface area (Å²) in [4.78, 5) is 20.0. The number of H-pyrrole nitrogens is 1. The zero-order valence-corrected chi connectivity index (χ0v) is 13.4. The summed E-state index contributed by atoms with van der Waals surface area (Å²) >= 11 is 0. The minimum absolute atomic E-state index is 0.0824. The number of aromatic amines is 1. The van der Waals surface area contributed by atoms with E-state index in [0.29, 0.717) is 0 Å². The number of nitrogens with one attached hydrogen (secondary N) is 2. The summed E-state index contributed by atoms with van der Waals surface area (Å²) in [6.07, 6.45) is 9.53. The first kappa shape index (κ1) is 13.8. The van der Waals surface area contributed by atoms with Gasteiger partial charge in [-0.25, -0.2) is 4.98 Å². The molecular weight excluding hydrogens is 298 g/mol. The lowest BCUT2D eigenvalue weighted by molar-refractivity contribution is 0.0909. The third-order valence-corrected chi connectivity index (χ3v) is 5.60. The number of amides is 1. The van der Waals surface area contributed by atoms with Gasteiger partial charge in [0.05, 0.1) is 5.54 Å². The van der Waals surface area contributed by atoms with E-state index in [1.165, 1.54) is 24.8 Å². The van der Waals surface area contributed by atoms with Crippen molar-refractivity contribution < 1.29 is 4.79 Å². The molecule has 0 radical (unpaired) electrons. The molecule has 3 heterocycles. The average molecular weight is 317 g/mol. The van der Waals surface area contributed by atoms with Crippen LogP contribution in [-0.2, 0) is 5.54 Å². The van der Waals surface area contributed by atoms with Crippen molar-refractivity contribution in [3.8, 4) is 11.1 Å². The van der Waals surface area contributed by atoms with Gasteiger partial charge in [-0.1, -0.05) is 25.3 Å². The maximum atomic E-state index is 12.4. The molecule has 4 nitrogen and oxygen atoms in total. The second kappa shape index (κ2) is 4.94. The van der Waals surface area contributed by atoms with Crippen LogP contribution >= 0.6 is 0 Å². The number of hydrogen-bond acceptors (Lipinski definition) is 2. The van der Waals surface area contributed by atoms with Crippen molar-refractivity contribution in [3.63, 3.8) is 0 Å². The topological polar surface area (TPSA) is 57.8 Å². The minimum Gasteiger partial charge on any atom is -0.346 e. The summed E-state index contributed by atoms with van der Waals surface area (Å²) < 4.78 is 0. The molecule has 4 heteroatoms. The maximum absolute atomic E-state index is 12.4. The van der Waals surface area contributed by atoms with Crippen LogP contribution in [0.5, 0.6) is 0 Å². The highest BCUT2D eigenvalue weighted by Crippen LogP contribution is 2.44. The average Bonchev–Trinajstić information content (AvgIpc) is 3.16. The molecule has 2 N–H and O–H groups in total. The predicted octanol–water partition coefficient (Wildman–Crippen LogP) is 4.13. The molecule has 24 heavy (non-hydrogen) atoms. The Labute approximate surface area is 140 Å². The SMILES string of the molecule is O=C1NC2(CCCCC2)c2cc(-c3c[nH]c4ncccc34)ccc21. The van der Waals surface area contributed by atoms with Crippen molar-refractivity contribution in [3.05, 3.63) is 53.9 Å². The van der Waals surface area contributed by atoms with Crippen LogP contribution in [0.1, 0.15) is 48.0 Å². The van der Waals surface area contributed by atoms with E-state index < -0.39 is 0 Å². The number of aromatic nitrogens is 2. The number of hydrogen-bond donors (Lipinski definition) is 2. The van der Waals surface area contributed by atoms with Crippen molar-refractivity contribution in [2.45, 2.75) is 37.6 Å². The van der Waals surface area contributed by atoms with Gasteiger partial charge in [-0.3, -0.25) is 4.79 Å². The number of fused-ring (bicyclic) bond motifs is 3. The number of pyridine rings is 1. The van der Waals surface area contributed by atoms with Gasteiger partial charge in [0, 0.05) is 28.9 Å². The Kier molecular flexibility index (Phi) is 2.84. The van der Waals surface area contributed by atoms with Crippen LogP contribution in [0.2, 0.25) is 0 Å². The van der Waals surface area contributed by atoms with Crippen molar-refractivity contribution in [1.82, 2.24) is 15.3 Å². The van der Waals surface area contributed by atoms with Crippen LogP contribution in [0.3, 0.4) is 0 Å². The standard InChI is InChI=1S/C20H19N3O/c24-19-15-7-6-13(16-12-22-18-14(16)5-4-10-21-18)11-17(15)20(23-19)8-2-1-3-9-20/h4-7,10-12H,1-3,8-9H2,(H,21,22)(H,23,24). The summed E-state index contributed by atoms with van der Waals surface area (Å²) in [6, 6.07) is 10.3. The molecule has 5 rings (SSSR count). The van der Waals surface area contributed by atoms with Gasteiger partial charge in [-0.05, 0) is 48.2 Å². The molecule has 1 aliphatic carbocycles. The molecular formula is C20H19N3O. The number of carbonyl (C=O) groups is 1. The van der Waals surface area contributed by atoms with E-state index in [9.17, 15) is 4.79 Å². The molecule has 1 fully saturated rings. The van der Waals surface area contributed by atoms with Gasteiger partial charge >= 0.3 is 0 Å². The summed E-state index contributed by atoms with van der Waals surface area (Å²) in [7, 11) is 0. The molecule has 3 aromatic rings. The molecule has 0 unspecified atom stereocenters. The van der Waals surface area contributed by atoms with Crippen LogP contribution in [0.15, 0.2) is 42.7 Å². The van der Waals surface area contributed by atoms with Crippen LogP contribution in [0.4, 0.5) is 0 Å². The van der Waals surface area contributed by atoms with E-state index in [4.69, 9.17) is 0 Å². The molecule has 0 saturated heterocycles. The Morgan fingerprint density at radius 3 is 2.79 bits per heavy atom. The van der Waals surface area contributed by atoms with Crippen LogP contribution < -0.4 is 5.32 Å². The summed E-state index contributed by atoms with van der Waals surface area (Å²) in [6.45, 7) is 0. The normalized spacial score (nSPS) is 18.8. The number of benzene rings is 1. The van der Waals surface area contributed by atoms with Gasteiger partial charge in [0.2, 0.25) is 0 Å². The van der Waals surface area contributed by atoms with E-state index in [1.807, 2.05) is 18.3 Å². The van der Waals surface area contributed by atoms with E-state index in [1.54, 1.807) is 6.20 Å². The molecule has 1 saturated carbocycles. The highest BCUT2D eigenvalue weighted by atomic mass is 16.2. The number of nitrogens with zero attached hydrogens (tertiary/aromatic N) is 1. The molecule has 2 aromatic heterocycles. The fourth-order valence-electron chi connectivity index (χ4n) is 4.40. The van der Waals surface area contributed by atoms with Gasteiger partial charge in [0.1, 0.15) is 5.65 Å². The maximum Gasteiger partial charge on any atom is 0.252 e. The molecule has 1 amide bonds. The van der Waals surface area contributed by atoms with Gasteiger partial charge in [0.15, 0.2) is 0 Å². The first-order chi connectivity index (χ1) is 11.8. The van der Waals surface area contributed by atoms with Gasteiger partial charge in [0.25, 0.3) is 5.91 Å². The van der Waals surface area contributed by atoms with E-state index in [0.717, 1.165) is 40.6 Å². The molecule has 2 aliphatic rings. The van der Waals surface area contributed by atoms with E-state index in [2.05, 4.69) is 33.5 Å². The van der Waals surface area contributed by atoms with Crippen molar-refractivity contribution in [1.29, 1.82) is 0 Å². The fraction of sp³-hybridized carbons (Fsp3) is 0.300. The molecule has 1 aromatic carbocycles. The monoisotopic (exact) mass is 317 g/mol. The summed E-state index contributed by atoms with van der Waals surface area (Å²) in [5.74, 6) is 0.0824.